The molecule has 0 atom stereocenters. The van der Waals surface area contributed by atoms with E-state index in [-0.39, 0.29) is 5.92 Å². The van der Waals surface area contributed by atoms with Gasteiger partial charge >= 0.3 is 0 Å². The fraction of sp³-hybridized carbons (Fsp3) is 0.500. The topological polar surface area (TPSA) is 55.6 Å². The Bertz CT molecular complexity index is 591. The van der Waals surface area contributed by atoms with Crippen LogP contribution in [0.3, 0.4) is 0 Å². The standard InChI is InChI=1S/C14H20ClN5/c1-9(2)13-18-12(15)10(3)14(19-13)16-7-5-11-6-8-17-20(11)4/h6,8-9H,5,7H2,1-4H3,(H,16,18,19). The largest absolute Gasteiger partial charge is 0.369 e. The van der Waals surface area contributed by atoms with E-state index in [1.807, 2.05) is 24.7 Å². The maximum absolute atomic E-state index is 6.16. The maximum atomic E-state index is 6.16. The molecule has 0 aliphatic carbocycles. The Balaban J connectivity index is 2.07. The van der Waals surface area contributed by atoms with E-state index in [1.165, 1.54) is 5.69 Å². The van der Waals surface area contributed by atoms with Gasteiger partial charge in [0.15, 0.2) is 0 Å². The third-order valence-electron chi connectivity index (χ3n) is 3.22. The van der Waals surface area contributed by atoms with Gasteiger partial charge in [-0.05, 0) is 13.0 Å². The van der Waals surface area contributed by atoms with E-state index < -0.39 is 0 Å². The Morgan fingerprint density at radius 1 is 1.35 bits per heavy atom. The highest BCUT2D eigenvalue weighted by Crippen LogP contribution is 2.22. The summed E-state index contributed by atoms with van der Waals surface area (Å²) in [5.41, 5.74) is 2.07. The van der Waals surface area contributed by atoms with Crippen molar-refractivity contribution in [1.82, 2.24) is 19.7 Å². The van der Waals surface area contributed by atoms with Gasteiger partial charge in [0.1, 0.15) is 16.8 Å². The first-order chi connectivity index (χ1) is 9.49. The highest BCUT2D eigenvalue weighted by atomic mass is 35.5. The number of hydrogen-bond acceptors (Lipinski definition) is 4. The zero-order valence-corrected chi connectivity index (χ0v) is 13.1. The molecular weight excluding hydrogens is 274 g/mol. The smallest absolute Gasteiger partial charge is 0.137 e. The summed E-state index contributed by atoms with van der Waals surface area (Å²) in [6.07, 6.45) is 2.69. The summed E-state index contributed by atoms with van der Waals surface area (Å²) in [6, 6.07) is 2.01. The molecule has 0 saturated heterocycles. The molecule has 0 amide bonds. The van der Waals surface area contributed by atoms with Crippen LogP contribution in [-0.2, 0) is 13.5 Å². The van der Waals surface area contributed by atoms with Crippen molar-refractivity contribution in [2.45, 2.75) is 33.1 Å². The fourth-order valence-electron chi connectivity index (χ4n) is 1.89. The molecule has 0 aromatic carbocycles. The lowest BCUT2D eigenvalue weighted by molar-refractivity contribution is 0.710. The zero-order valence-electron chi connectivity index (χ0n) is 12.3. The summed E-state index contributed by atoms with van der Waals surface area (Å²) in [6.45, 7) is 6.82. The predicted octanol–water partition coefficient (Wildman–Crippen LogP) is 2.95. The molecule has 108 valence electrons. The SMILES string of the molecule is Cc1c(Cl)nc(C(C)C)nc1NCCc1ccnn1C. The van der Waals surface area contributed by atoms with Crippen LogP contribution in [0.2, 0.25) is 5.15 Å². The normalized spacial score (nSPS) is 11.1. The molecule has 0 unspecified atom stereocenters. The van der Waals surface area contributed by atoms with E-state index in [1.54, 1.807) is 6.20 Å². The van der Waals surface area contributed by atoms with Gasteiger partial charge in [-0.2, -0.15) is 5.10 Å². The summed E-state index contributed by atoms with van der Waals surface area (Å²) in [4.78, 5) is 8.85. The van der Waals surface area contributed by atoms with Crippen molar-refractivity contribution in [2.24, 2.45) is 7.05 Å². The molecule has 6 heteroatoms. The van der Waals surface area contributed by atoms with Gasteiger partial charge in [0.2, 0.25) is 0 Å². The summed E-state index contributed by atoms with van der Waals surface area (Å²) >= 11 is 6.16. The summed E-state index contributed by atoms with van der Waals surface area (Å²) < 4.78 is 1.88. The number of rotatable bonds is 5. The van der Waals surface area contributed by atoms with Crippen LogP contribution >= 0.6 is 11.6 Å². The minimum atomic E-state index is 0.255. The molecule has 0 fully saturated rings. The van der Waals surface area contributed by atoms with Crippen LogP contribution in [-0.4, -0.2) is 26.3 Å². The van der Waals surface area contributed by atoms with E-state index in [9.17, 15) is 0 Å². The van der Waals surface area contributed by atoms with Crippen LogP contribution in [0.15, 0.2) is 12.3 Å². The molecule has 2 aromatic heterocycles. The number of nitrogens with one attached hydrogen (secondary N) is 1. The van der Waals surface area contributed by atoms with E-state index >= 15 is 0 Å². The predicted molar refractivity (Wildman–Crippen MR) is 81.3 cm³/mol. The molecule has 0 bridgehead atoms. The molecule has 0 radical (unpaired) electrons. The molecule has 20 heavy (non-hydrogen) atoms. The average Bonchev–Trinajstić information content (AvgIpc) is 2.80. The Labute approximate surface area is 124 Å². The lowest BCUT2D eigenvalue weighted by atomic mass is 10.2. The van der Waals surface area contributed by atoms with Gasteiger partial charge in [0.05, 0.1) is 0 Å². The molecule has 1 N–H and O–H groups in total. The van der Waals surface area contributed by atoms with Crippen molar-refractivity contribution in [3.63, 3.8) is 0 Å². The minimum absolute atomic E-state index is 0.255. The second-order valence-electron chi connectivity index (χ2n) is 5.12. The molecule has 0 spiro atoms. The lowest BCUT2D eigenvalue weighted by Crippen LogP contribution is -2.12. The third kappa shape index (κ3) is 3.28. The van der Waals surface area contributed by atoms with Crippen molar-refractivity contribution in [1.29, 1.82) is 0 Å². The number of aryl methyl sites for hydroxylation is 1. The highest BCUT2D eigenvalue weighted by Gasteiger charge is 2.11. The Morgan fingerprint density at radius 2 is 2.10 bits per heavy atom. The number of anilines is 1. The fourth-order valence-corrected chi connectivity index (χ4v) is 2.07. The molecule has 2 heterocycles. The van der Waals surface area contributed by atoms with Crippen LogP contribution in [0, 0.1) is 6.92 Å². The van der Waals surface area contributed by atoms with Crippen LogP contribution in [0.4, 0.5) is 5.82 Å². The molecule has 0 saturated carbocycles. The Hall–Kier alpha value is -1.62. The monoisotopic (exact) mass is 293 g/mol. The van der Waals surface area contributed by atoms with E-state index in [0.29, 0.717) is 5.15 Å². The first-order valence-corrected chi connectivity index (χ1v) is 7.11. The van der Waals surface area contributed by atoms with Crippen molar-refractivity contribution in [3.8, 4) is 0 Å². The van der Waals surface area contributed by atoms with Crippen LogP contribution in [0.5, 0.6) is 0 Å². The van der Waals surface area contributed by atoms with E-state index in [2.05, 4.69) is 34.2 Å². The summed E-state index contributed by atoms with van der Waals surface area (Å²) in [7, 11) is 1.94. The zero-order chi connectivity index (χ0) is 14.7. The van der Waals surface area contributed by atoms with E-state index in [4.69, 9.17) is 11.6 Å². The second-order valence-corrected chi connectivity index (χ2v) is 5.48. The van der Waals surface area contributed by atoms with Crippen LogP contribution in [0.1, 0.15) is 36.8 Å². The third-order valence-corrected chi connectivity index (χ3v) is 3.58. The van der Waals surface area contributed by atoms with Gasteiger partial charge in [-0.15, -0.1) is 0 Å². The number of aromatic nitrogens is 4. The van der Waals surface area contributed by atoms with Gasteiger partial charge in [0, 0.05) is 43.4 Å². The molecule has 5 nitrogen and oxygen atoms in total. The van der Waals surface area contributed by atoms with Gasteiger partial charge in [-0.1, -0.05) is 25.4 Å². The quantitative estimate of drug-likeness (QED) is 0.861. The minimum Gasteiger partial charge on any atom is -0.369 e. The number of halogens is 1. The molecule has 2 aromatic rings. The molecule has 0 aliphatic heterocycles. The van der Waals surface area contributed by atoms with Gasteiger partial charge in [0.25, 0.3) is 0 Å². The molecule has 0 aliphatic rings. The maximum Gasteiger partial charge on any atom is 0.137 e. The first kappa shape index (κ1) is 14.8. The van der Waals surface area contributed by atoms with Gasteiger partial charge < -0.3 is 5.32 Å². The Morgan fingerprint density at radius 3 is 2.70 bits per heavy atom. The average molecular weight is 294 g/mol. The Kier molecular flexibility index (Phi) is 4.60. The van der Waals surface area contributed by atoms with E-state index in [0.717, 1.165) is 30.2 Å². The van der Waals surface area contributed by atoms with Gasteiger partial charge in [-0.3, -0.25) is 4.68 Å². The van der Waals surface area contributed by atoms with Gasteiger partial charge in [-0.25, -0.2) is 9.97 Å². The first-order valence-electron chi connectivity index (χ1n) is 6.73. The number of nitrogens with zero attached hydrogens (tertiary/aromatic N) is 4. The van der Waals surface area contributed by atoms with Crippen molar-refractivity contribution >= 4 is 17.4 Å². The summed E-state index contributed by atoms with van der Waals surface area (Å²) in [5, 5.41) is 8.01. The molecule has 2 rings (SSSR count). The highest BCUT2D eigenvalue weighted by molar-refractivity contribution is 6.30. The van der Waals surface area contributed by atoms with Crippen molar-refractivity contribution in [3.05, 3.63) is 34.5 Å². The van der Waals surface area contributed by atoms with Crippen LogP contribution < -0.4 is 5.32 Å². The lowest BCUT2D eigenvalue weighted by Gasteiger charge is -2.13. The van der Waals surface area contributed by atoms with Crippen molar-refractivity contribution in [2.75, 3.05) is 11.9 Å². The molecular formula is C14H20ClN5. The second kappa shape index (κ2) is 6.22. The number of hydrogen-bond donors (Lipinski definition) is 1. The van der Waals surface area contributed by atoms with Crippen molar-refractivity contribution < 1.29 is 0 Å². The summed E-state index contributed by atoms with van der Waals surface area (Å²) in [5.74, 6) is 1.84. The van der Waals surface area contributed by atoms with Crippen LogP contribution in [0.25, 0.3) is 0 Å².